The van der Waals surface area contributed by atoms with Gasteiger partial charge in [0.15, 0.2) is 5.72 Å². The number of carbonyl (C=O) groups excluding carboxylic acids is 4. The molecule has 13 nitrogen and oxygen atoms in total. The normalized spacial score (nSPS) is 32.5. The number of primary amides is 1. The van der Waals surface area contributed by atoms with Crippen molar-refractivity contribution >= 4 is 41.2 Å². The van der Waals surface area contributed by atoms with Crippen LogP contribution in [0.1, 0.15) is 64.9 Å². The van der Waals surface area contributed by atoms with Crippen LogP contribution in [0, 0.1) is 5.92 Å². The van der Waals surface area contributed by atoms with Crippen LogP contribution in [-0.4, -0.2) is 86.0 Å². The van der Waals surface area contributed by atoms with Crippen molar-refractivity contribution in [3.8, 4) is 5.75 Å². The highest BCUT2D eigenvalue weighted by molar-refractivity contribution is 6.35. The summed E-state index contributed by atoms with van der Waals surface area (Å²) in [7, 11) is 4.51. The predicted octanol–water partition coefficient (Wildman–Crippen LogP) is 3.71. The number of carbonyl (C=O) groups is 4. The summed E-state index contributed by atoms with van der Waals surface area (Å²) in [5.74, 6) is -1.53. The molecule has 14 heteroatoms. The van der Waals surface area contributed by atoms with Crippen LogP contribution >= 0.6 is 11.6 Å². The number of anilines is 1. The summed E-state index contributed by atoms with van der Waals surface area (Å²) >= 11 is 6.70. The van der Waals surface area contributed by atoms with E-state index in [9.17, 15) is 24.3 Å². The van der Waals surface area contributed by atoms with Crippen LogP contribution in [-0.2, 0) is 39.8 Å². The Labute approximate surface area is 285 Å². The number of nitrogens with one attached hydrogen (secondary N) is 1. The molecule has 3 aliphatic heterocycles. The number of aliphatic hydroxyl groups is 1. The maximum Gasteiger partial charge on any atom is 0.409 e. The predicted molar refractivity (Wildman–Crippen MR) is 176 cm³/mol. The Morgan fingerprint density at radius 1 is 1.21 bits per heavy atom. The summed E-state index contributed by atoms with van der Waals surface area (Å²) < 4.78 is 28.8. The molecule has 3 amide bonds. The highest BCUT2D eigenvalue weighted by Crippen LogP contribution is 2.49. The summed E-state index contributed by atoms with van der Waals surface area (Å²) in [4.78, 5) is 52.2. The van der Waals surface area contributed by atoms with Gasteiger partial charge in [-0.15, -0.1) is 0 Å². The van der Waals surface area contributed by atoms with Gasteiger partial charge in [-0.1, -0.05) is 42.3 Å². The second kappa shape index (κ2) is 15.3. The molecule has 48 heavy (non-hydrogen) atoms. The number of rotatable bonds is 8. The Balaban J connectivity index is 1.73. The molecule has 0 spiro atoms. The van der Waals surface area contributed by atoms with Crippen molar-refractivity contribution in [3.63, 3.8) is 0 Å². The minimum absolute atomic E-state index is 0.00686. The van der Waals surface area contributed by atoms with E-state index in [1.807, 2.05) is 13.0 Å². The van der Waals surface area contributed by atoms with Gasteiger partial charge >= 0.3 is 12.1 Å². The van der Waals surface area contributed by atoms with E-state index >= 15 is 0 Å². The first kappa shape index (κ1) is 37.2. The molecular formula is C34H46ClN3O10. The van der Waals surface area contributed by atoms with Crippen LogP contribution in [0.25, 0.3) is 0 Å². The number of nitrogens with zero attached hydrogens (tertiary/aromatic N) is 1. The lowest BCUT2D eigenvalue weighted by Crippen LogP contribution is -2.63. The first-order chi connectivity index (χ1) is 22.6. The van der Waals surface area contributed by atoms with Gasteiger partial charge in [-0.2, -0.15) is 0 Å². The fourth-order valence-corrected chi connectivity index (χ4v) is 6.70. The Morgan fingerprint density at radius 2 is 1.92 bits per heavy atom. The second-order valence-corrected chi connectivity index (χ2v) is 13.3. The number of epoxide rings is 1. The summed E-state index contributed by atoms with van der Waals surface area (Å²) in [6, 6.07) is 3.59. The van der Waals surface area contributed by atoms with Crippen molar-refractivity contribution in [3.05, 3.63) is 46.5 Å². The lowest BCUT2D eigenvalue weighted by atomic mass is 9.83. The number of benzene rings is 1. The fraction of sp³-hybridized carbons (Fsp3) is 0.588. The van der Waals surface area contributed by atoms with E-state index in [1.165, 1.54) is 19.1 Å². The number of alkyl carbamates (subject to hydrolysis) is 1. The number of nitrogens with two attached hydrogens (primary N) is 1. The molecule has 0 aromatic heterocycles. The van der Waals surface area contributed by atoms with E-state index < -0.39 is 65.5 Å². The van der Waals surface area contributed by atoms with Crippen molar-refractivity contribution in [1.29, 1.82) is 0 Å². The van der Waals surface area contributed by atoms with Crippen molar-refractivity contribution in [2.75, 3.05) is 26.2 Å². The minimum atomic E-state index is -1.80. The Bertz CT molecular complexity index is 1470. The number of halogens is 1. The standard InChI is InChI=1S/C34H46ClN3O10/c1-19-10-9-11-25(45-6)34(43)18-24(46-32(42)37-34)20(2)31-33(3,48-31)26(47-29(41)13-8-7-12-27(36)39)17-28(40)38(4)22-15-21(14-19)16-23(44-5)30(22)35/h9-11,15-16,20,24-26,31,43H,7-8,12-14,17-18H2,1-6H3,(H2,36,39)(H,37,42)/b11-9+,19-10+. The topological polar surface area (TPSA) is 179 Å². The zero-order valence-electron chi connectivity index (χ0n) is 28.2. The van der Waals surface area contributed by atoms with Gasteiger partial charge in [0.25, 0.3) is 0 Å². The van der Waals surface area contributed by atoms with Gasteiger partial charge in [0.2, 0.25) is 11.8 Å². The number of fused-ring (bicyclic) bond motifs is 5. The molecule has 0 radical (unpaired) electrons. The lowest BCUT2D eigenvalue weighted by molar-refractivity contribution is -0.154. The Kier molecular flexibility index (Phi) is 11.8. The van der Waals surface area contributed by atoms with Gasteiger partial charge < -0.3 is 39.4 Å². The average molecular weight is 692 g/mol. The minimum Gasteiger partial charge on any atom is -0.495 e. The third-order valence-electron chi connectivity index (χ3n) is 9.28. The molecule has 0 saturated carbocycles. The van der Waals surface area contributed by atoms with Crippen LogP contribution in [0.5, 0.6) is 5.75 Å². The highest BCUT2D eigenvalue weighted by atomic mass is 35.5. The van der Waals surface area contributed by atoms with E-state index in [0.29, 0.717) is 30.7 Å². The Morgan fingerprint density at radius 3 is 2.58 bits per heavy atom. The van der Waals surface area contributed by atoms with Crippen LogP contribution in [0.2, 0.25) is 5.02 Å². The second-order valence-electron chi connectivity index (χ2n) is 12.9. The molecule has 4 bridgehead atoms. The number of ether oxygens (including phenoxy) is 5. The maximum atomic E-state index is 13.9. The number of allylic oxidation sites excluding steroid dienone is 3. The smallest absolute Gasteiger partial charge is 0.409 e. The number of methoxy groups -OCH3 is 2. The molecule has 1 aromatic rings. The van der Waals surface area contributed by atoms with E-state index in [1.54, 1.807) is 45.2 Å². The number of hydrogen-bond acceptors (Lipinski definition) is 10. The summed E-state index contributed by atoms with van der Waals surface area (Å²) in [5, 5.41) is 14.4. The van der Waals surface area contributed by atoms with Crippen molar-refractivity contribution in [1.82, 2.24) is 5.32 Å². The summed E-state index contributed by atoms with van der Waals surface area (Å²) in [5.41, 5.74) is 4.44. The molecule has 3 heterocycles. The molecule has 7 atom stereocenters. The van der Waals surface area contributed by atoms with E-state index in [2.05, 4.69) is 5.32 Å². The molecule has 7 unspecified atom stereocenters. The largest absolute Gasteiger partial charge is 0.495 e. The highest BCUT2D eigenvalue weighted by Gasteiger charge is 2.64. The fourth-order valence-electron chi connectivity index (χ4n) is 6.39. The first-order valence-electron chi connectivity index (χ1n) is 16.0. The summed E-state index contributed by atoms with van der Waals surface area (Å²) in [6.45, 7) is 5.46. The van der Waals surface area contributed by atoms with E-state index in [4.69, 9.17) is 41.0 Å². The van der Waals surface area contributed by atoms with Gasteiger partial charge in [0.1, 0.15) is 34.7 Å². The van der Waals surface area contributed by atoms with Crippen LogP contribution in [0.4, 0.5) is 10.5 Å². The number of hydrogen-bond donors (Lipinski definition) is 3. The molecule has 4 rings (SSSR count). The van der Waals surface area contributed by atoms with Gasteiger partial charge in [0.05, 0.1) is 25.3 Å². The van der Waals surface area contributed by atoms with Crippen LogP contribution in [0.15, 0.2) is 35.9 Å². The van der Waals surface area contributed by atoms with Gasteiger partial charge in [-0.25, -0.2) is 4.79 Å². The molecule has 0 aliphatic carbocycles. The number of esters is 1. The maximum absolute atomic E-state index is 13.9. The van der Waals surface area contributed by atoms with Crippen molar-refractivity contribution < 1.29 is 48.0 Å². The van der Waals surface area contributed by atoms with E-state index in [0.717, 1.165) is 11.1 Å². The quantitative estimate of drug-likeness (QED) is 0.207. The third-order valence-corrected chi connectivity index (χ3v) is 9.66. The molecule has 2 saturated heterocycles. The van der Waals surface area contributed by atoms with Gasteiger partial charge in [-0.3, -0.25) is 19.7 Å². The Hall–Kier alpha value is -3.65. The lowest BCUT2D eigenvalue weighted by Gasteiger charge is -2.42. The first-order valence-corrected chi connectivity index (χ1v) is 16.4. The molecule has 4 N–H and O–H groups in total. The van der Waals surface area contributed by atoms with Crippen LogP contribution < -0.4 is 20.7 Å². The third kappa shape index (κ3) is 8.49. The molecule has 1 aromatic carbocycles. The monoisotopic (exact) mass is 691 g/mol. The SMILES string of the molecule is COc1cc2cc(c1Cl)N(C)C(=O)CC(OC(=O)CCCCC(N)=O)C1(C)OC1C(C)C1CC(O)(NC(=O)O1)C(OC)/C=C/C=C(\C)C2. The molecular weight excluding hydrogens is 646 g/mol. The molecule has 264 valence electrons. The molecule has 3 aliphatic rings. The average Bonchev–Trinajstić information content (AvgIpc) is 3.72. The number of unbranched alkanes of at least 4 members (excludes halogenated alkanes) is 1. The zero-order valence-corrected chi connectivity index (χ0v) is 29.0. The number of amides is 3. The van der Waals surface area contributed by atoms with Gasteiger partial charge in [-0.05, 0) is 50.8 Å². The van der Waals surface area contributed by atoms with E-state index in [-0.39, 0.29) is 30.7 Å². The van der Waals surface area contributed by atoms with Crippen molar-refractivity contribution in [2.45, 2.75) is 101 Å². The van der Waals surface area contributed by atoms with Crippen molar-refractivity contribution in [2.24, 2.45) is 11.7 Å². The molecule has 2 fully saturated rings. The summed E-state index contributed by atoms with van der Waals surface area (Å²) in [6.07, 6.45) is 2.18. The van der Waals surface area contributed by atoms with Gasteiger partial charge in [0, 0.05) is 39.3 Å². The zero-order chi connectivity index (χ0) is 35.4. The van der Waals surface area contributed by atoms with Crippen LogP contribution in [0.3, 0.4) is 0 Å².